The normalized spacial score (nSPS) is 17.9. The molecule has 1 aliphatic heterocycles. The quantitative estimate of drug-likeness (QED) is 0.756. The van der Waals surface area contributed by atoms with Crippen LogP contribution < -0.4 is 4.31 Å². The summed E-state index contributed by atoms with van der Waals surface area (Å²) in [5, 5.41) is 0. The number of piperazine rings is 1. The molecule has 0 saturated carbocycles. The van der Waals surface area contributed by atoms with Gasteiger partial charge in [0, 0.05) is 38.8 Å². The van der Waals surface area contributed by atoms with Crippen LogP contribution in [0.3, 0.4) is 0 Å². The maximum absolute atomic E-state index is 12.5. The largest absolute Gasteiger partial charge is 0.304 e. The first kappa shape index (κ1) is 15.0. The molecule has 20 heavy (non-hydrogen) atoms. The predicted octanol–water partition coefficient (Wildman–Crippen LogP) is 0.427. The topological polar surface area (TPSA) is 60.9 Å². The van der Waals surface area contributed by atoms with Gasteiger partial charge in [-0.25, -0.2) is 0 Å². The average molecular weight is 297 g/mol. The van der Waals surface area contributed by atoms with Gasteiger partial charge in [-0.15, -0.1) is 0 Å². The van der Waals surface area contributed by atoms with Crippen LogP contribution in [0.15, 0.2) is 24.3 Å². The van der Waals surface area contributed by atoms with Crippen molar-refractivity contribution in [2.45, 2.75) is 0 Å². The van der Waals surface area contributed by atoms with Gasteiger partial charge in [-0.1, -0.05) is 0 Å². The predicted molar refractivity (Wildman–Crippen MR) is 78.2 cm³/mol. The molecule has 0 bridgehead atoms. The third kappa shape index (κ3) is 3.00. The molecule has 6 nitrogen and oxygen atoms in total. The monoisotopic (exact) mass is 297 g/mol. The summed E-state index contributed by atoms with van der Waals surface area (Å²) in [5.41, 5.74) is 1.08. The Morgan fingerprint density at radius 1 is 1.10 bits per heavy atom. The summed E-state index contributed by atoms with van der Waals surface area (Å²) >= 11 is 0. The number of carbonyl (C=O) groups is 1. The van der Waals surface area contributed by atoms with Gasteiger partial charge in [0.1, 0.15) is 6.29 Å². The van der Waals surface area contributed by atoms with Crippen molar-refractivity contribution in [3.8, 4) is 0 Å². The Morgan fingerprint density at radius 3 is 2.15 bits per heavy atom. The van der Waals surface area contributed by atoms with Crippen molar-refractivity contribution in [2.24, 2.45) is 0 Å². The maximum atomic E-state index is 12.5. The molecule has 0 atom stereocenters. The Morgan fingerprint density at radius 2 is 1.65 bits per heavy atom. The minimum Gasteiger partial charge on any atom is -0.304 e. The zero-order valence-corrected chi connectivity index (χ0v) is 12.5. The number of benzene rings is 1. The van der Waals surface area contributed by atoms with Crippen LogP contribution in [0.2, 0.25) is 0 Å². The minimum absolute atomic E-state index is 0.496. The van der Waals surface area contributed by atoms with Crippen LogP contribution in [0.25, 0.3) is 0 Å². The van der Waals surface area contributed by atoms with Crippen LogP contribution in [0.1, 0.15) is 10.4 Å². The highest BCUT2D eigenvalue weighted by Gasteiger charge is 2.29. The molecule has 1 fully saturated rings. The highest BCUT2D eigenvalue weighted by atomic mass is 32.2. The van der Waals surface area contributed by atoms with Crippen LogP contribution in [0, 0.1) is 0 Å². The van der Waals surface area contributed by atoms with E-state index >= 15 is 0 Å². The number of aldehydes is 1. The van der Waals surface area contributed by atoms with E-state index in [1.165, 1.54) is 15.7 Å². The Balaban J connectivity index is 2.17. The Kier molecular flexibility index (Phi) is 4.42. The molecule has 1 aromatic carbocycles. The molecule has 1 saturated heterocycles. The molecular weight excluding hydrogens is 278 g/mol. The van der Waals surface area contributed by atoms with Gasteiger partial charge in [0.15, 0.2) is 0 Å². The number of carbonyl (C=O) groups excluding carboxylic acids is 1. The summed E-state index contributed by atoms with van der Waals surface area (Å²) in [4.78, 5) is 12.7. The lowest BCUT2D eigenvalue weighted by Crippen LogP contribution is -2.51. The summed E-state index contributed by atoms with van der Waals surface area (Å²) in [6.45, 7) is 2.46. The smallest absolute Gasteiger partial charge is 0.303 e. The highest BCUT2D eigenvalue weighted by molar-refractivity contribution is 7.90. The van der Waals surface area contributed by atoms with Crippen molar-refractivity contribution in [2.75, 3.05) is 44.6 Å². The van der Waals surface area contributed by atoms with Crippen molar-refractivity contribution in [3.63, 3.8) is 0 Å². The van der Waals surface area contributed by atoms with Crippen LogP contribution in [0.5, 0.6) is 0 Å². The zero-order chi connectivity index (χ0) is 14.8. The Hall–Kier alpha value is -1.44. The molecule has 0 unspecified atom stereocenters. The van der Waals surface area contributed by atoms with Gasteiger partial charge in [0.2, 0.25) is 0 Å². The van der Waals surface area contributed by atoms with Gasteiger partial charge in [-0.3, -0.25) is 9.10 Å². The second-order valence-electron chi connectivity index (χ2n) is 4.89. The van der Waals surface area contributed by atoms with Crippen molar-refractivity contribution in [1.29, 1.82) is 0 Å². The number of hydrogen-bond donors (Lipinski definition) is 0. The van der Waals surface area contributed by atoms with Crippen LogP contribution in [-0.4, -0.2) is 64.2 Å². The number of nitrogens with zero attached hydrogens (tertiary/aromatic N) is 3. The minimum atomic E-state index is -3.51. The van der Waals surface area contributed by atoms with Gasteiger partial charge in [-0.2, -0.15) is 12.7 Å². The Labute approximate surface area is 119 Å². The van der Waals surface area contributed by atoms with Crippen molar-refractivity contribution in [1.82, 2.24) is 9.21 Å². The molecule has 0 aromatic heterocycles. The van der Waals surface area contributed by atoms with Crippen molar-refractivity contribution >= 4 is 22.2 Å². The van der Waals surface area contributed by atoms with Crippen molar-refractivity contribution in [3.05, 3.63) is 29.8 Å². The van der Waals surface area contributed by atoms with Gasteiger partial charge < -0.3 is 4.90 Å². The summed E-state index contributed by atoms with van der Waals surface area (Å²) in [6.07, 6.45) is 0.735. The molecular formula is C13H19N3O3S. The van der Waals surface area contributed by atoms with Crippen LogP contribution in [-0.2, 0) is 10.2 Å². The fourth-order valence-corrected chi connectivity index (χ4v) is 3.45. The molecule has 0 N–H and O–H groups in total. The molecule has 1 heterocycles. The van der Waals surface area contributed by atoms with E-state index in [2.05, 4.69) is 4.90 Å². The number of rotatable bonds is 4. The summed E-state index contributed by atoms with van der Waals surface area (Å²) in [6, 6.07) is 6.49. The molecule has 7 heteroatoms. The van der Waals surface area contributed by atoms with E-state index in [1.54, 1.807) is 24.3 Å². The molecule has 1 aromatic rings. The molecule has 2 rings (SSSR count). The number of anilines is 1. The molecule has 1 aliphatic rings. The third-order valence-corrected chi connectivity index (χ3v) is 5.45. The highest BCUT2D eigenvalue weighted by Crippen LogP contribution is 2.19. The standard InChI is InChI=1S/C13H19N3O3S/c1-14-7-9-16(10-8-14)20(18,19)15(2)13-5-3-12(11-17)4-6-13/h3-6,11H,7-10H2,1-2H3. The second kappa shape index (κ2) is 5.90. The van der Waals surface area contributed by atoms with Crippen LogP contribution in [0.4, 0.5) is 5.69 Å². The van der Waals surface area contributed by atoms with Crippen LogP contribution >= 0.6 is 0 Å². The molecule has 0 spiro atoms. The first-order valence-electron chi connectivity index (χ1n) is 6.43. The van der Waals surface area contributed by atoms with Gasteiger partial charge in [-0.05, 0) is 31.3 Å². The number of hydrogen-bond acceptors (Lipinski definition) is 4. The summed E-state index contributed by atoms with van der Waals surface area (Å²) in [5.74, 6) is 0. The van der Waals surface area contributed by atoms with Crippen molar-refractivity contribution < 1.29 is 13.2 Å². The average Bonchev–Trinajstić information content (AvgIpc) is 2.47. The SMILES string of the molecule is CN1CCN(S(=O)(=O)N(C)c2ccc(C=O)cc2)CC1. The number of likely N-dealkylation sites (N-methyl/N-ethyl adjacent to an activating group) is 1. The van der Waals surface area contributed by atoms with E-state index in [-0.39, 0.29) is 0 Å². The fraction of sp³-hybridized carbons (Fsp3) is 0.462. The summed E-state index contributed by atoms with van der Waals surface area (Å²) in [7, 11) is 0.00290. The first-order valence-corrected chi connectivity index (χ1v) is 7.82. The van der Waals surface area contributed by atoms with E-state index in [0.29, 0.717) is 24.3 Å². The molecule has 0 amide bonds. The lowest BCUT2D eigenvalue weighted by Gasteiger charge is -2.34. The van der Waals surface area contributed by atoms with Gasteiger partial charge >= 0.3 is 10.2 Å². The maximum Gasteiger partial charge on any atom is 0.303 e. The lowest BCUT2D eigenvalue weighted by molar-refractivity contribution is 0.112. The van der Waals surface area contributed by atoms with E-state index < -0.39 is 10.2 Å². The van der Waals surface area contributed by atoms with Gasteiger partial charge in [0.25, 0.3) is 0 Å². The molecule has 110 valence electrons. The fourth-order valence-electron chi connectivity index (χ4n) is 2.09. The first-order chi connectivity index (χ1) is 9.45. The Bertz CT molecular complexity index is 563. The lowest BCUT2D eigenvalue weighted by atomic mass is 10.2. The van der Waals surface area contributed by atoms with E-state index in [9.17, 15) is 13.2 Å². The summed E-state index contributed by atoms with van der Waals surface area (Å²) < 4.78 is 27.8. The van der Waals surface area contributed by atoms with E-state index in [4.69, 9.17) is 0 Å². The third-order valence-electron chi connectivity index (χ3n) is 3.53. The van der Waals surface area contributed by atoms with E-state index in [1.807, 2.05) is 7.05 Å². The molecule has 0 aliphatic carbocycles. The van der Waals surface area contributed by atoms with E-state index in [0.717, 1.165) is 19.4 Å². The van der Waals surface area contributed by atoms with Gasteiger partial charge in [0.05, 0.1) is 5.69 Å². The second-order valence-corrected chi connectivity index (χ2v) is 6.85. The zero-order valence-electron chi connectivity index (χ0n) is 11.7. The molecule has 0 radical (unpaired) electrons.